The fourth-order valence-corrected chi connectivity index (χ4v) is 7.13. The van der Waals surface area contributed by atoms with Gasteiger partial charge in [0.05, 0.1) is 18.4 Å². The monoisotopic (exact) mass is 411 g/mol. The third-order valence-corrected chi connectivity index (χ3v) is 8.37. The molecule has 2 aliphatic carbocycles. The molecular formula is C22H25N3O3S. The van der Waals surface area contributed by atoms with Crippen LogP contribution in [0.4, 0.5) is 5.13 Å². The minimum absolute atomic E-state index is 0.0203. The van der Waals surface area contributed by atoms with E-state index in [2.05, 4.69) is 16.3 Å². The number of carbonyl (C=O) groups excluding carboxylic acids is 1. The first-order chi connectivity index (χ1) is 14.0. The number of fused-ring (bicyclic) bond motifs is 2. The first kappa shape index (κ1) is 17.9. The van der Waals surface area contributed by atoms with Gasteiger partial charge < -0.3 is 15.2 Å². The van der Waals surface area contributed by atoms with Gasteiger partial charge in [0.2, 0.25) is 5.91 Å². The molecule has 29 heavy (non-hydrogen) atoms. The number of nitrogens with one attached hydrogen (secondary N) is 1. The van der Waals surface area contributed by atoms with Gasteiger partial charge in [0, 0.05) is 36.2 Å². The second-order valence-corrected chi connectivity index (χ2v) is 10.1. The Morgan fingerprint density at radius 3 is 3.10 bits per heavy atom. The fourth-order valence-electron chi connectivity index (χ4n) is 6.05. The number of amides is 1. The summed E-state index contributed by atoms with van der Waals surface area (Å²) in [6, 6.07) is 6.44. The lowest BCUT2D eigenvalue weighted by atomic mass is 9.53. The minimum Gasteiger partial charge on any atom is -0.508 e. The molecule has 0 saturated carbocycles. The Kier molecular flexibility index (Phi) is 3.86. The molecule has 1 aromatic carbocycles. The van der Waals surface area contributed by atoms with E-state index in [4.69, 9.17) is 9.72 Å². The molecule has 6 nitrogen and oxygen atoms in total. The number of hydrogen-bond acceptors (Lipinski definition) is 6. The lowest BCUT2D eigenvalue weighted by molar-refractivity contribution is -0.114. The summed E-state index contributed by atoms with van der Waals surface area (Å²) in [7, 11) is 0. The molecule has 2 N–H and O–H groups in total. The summed E-state index contributed by atoms with van der Waals surface area (Å²) in [5, 5.41) is 13.9. The zero-order valence-electron chi connectivity index (χ0n) is 16.5. The molecule has 6 rings (SSSR count). The number of aromatic nitrogens is 1. The normalized spacial score (nSPS) is 32.1. The van der Waals surface area contributed by atoms with Crippen LogP contribution >= 0.6 is 11.3 Å². The van der Waals surface area contributed by atoms with E-state index in [9.17, 15) is 9.90 Å². The third kappa shape index (κ3) is 2.82. The van der Waals surface area contributed by atoms with E-state index in [1.165, 1.54) is 22.9 Å². The highest BCUT2D eigenvalue weighted by atomic mass is 32.1. The molecule has 2 aliphatic heterocycles. The average molecular weight is 412 g/mol. The first-order valence-electron chi connectivity index (χ1n) is 10.5. The van der Waals surface area contributed by atoms with E-state index < -0.39 is 0 Å². The van der Waals surface area contributed by atoms with Crippen molar-refractivity contribution in [1.82, 2.24) is 9.88 Å². The third-order valence-electron chi connectivity index (χ3n) is 7.34. The number of nitrogens with zero attached hydrogens (tertiary/aromatic N) is 2. The van der Waals surface area contributed by atoms with Crippen molar-refractivity contribution in [1.29, 1.82) is 0 Å². The number of phenolic OH excluding ortho intramolecular Hbond substituents is 1. The van der Waals surface area contributed by atoms with Crippen molar-refractivity contribution in [3.05, 3.63) is 39.9 Å². The van der Waals surface area contributed by atoms with Crippen molar-refractivity contribution in [3.8, 4) is 5.75 Å². The minimum atomic E-state index is -0.0729. The van der Waals surface area contributed by atoms with Crippen molar-refractivity contribution in [2.75, 3.05) is 25.0 Å². The van der Waals surface area contributed by atoms with Crippen molar-refractivity contribution >= 4 is 22.4 Å². The van der Waals surface area contributed by atoms with Gasteiger partial charge in [0.1, 0.15) is 5.75 Å². The van der Waals surface area contributed by atoms with Gasteiger partial charge in [0.25, 0.3) is 0 Å². The van der Waals surface area contributed by atoms with Crippen LogP contribution in [0.5, 0.6) is 5.75 Å². The van der Waals surface area contributed by atoms with E-state index in [-0.39, 0.29) is 11.3 Å². The number of ether oxygens (including phenoxy) is 1. The number of hydrogen-bond donors (Lipinski definition) is 2. The highest BCUT2D eigenvalue weighted by Crippen LogP contribution is 2.56. The summed E-state index contributed by atoms with van der Waals surface area (Å²) >= 11 is 1.63. The Balaban J connectivity index is 1.44. The van der Waals surface area contributed by atoms with Crippen molar-refractivity contribution in [2.45, 2.75) is 50.2 Å². The van der Waals surface area contributed by atoms with Crippen LogP contribution in [-0.4, -0.2) is 52.7 Å². The average Bonchev–Trinajstić information content (AvgIpc) is 3.41. The molecule has 0 spiro atoms. The Labute approximate surface area is 173 Å². The van der Waals surface area contributed by atoms with E-state index >= 15 is 0 Å². The molecule has 2 bridgehead atoms. The van der Waals surface area contributed by atoms with Gasteiger partial charge in [-0.3, -0.25) is 9.69 Å². The number of epoxide rings is 1. The maximum Gasteiger partial charge on any atom is 0.223 e. The van der Waals surface area contributed by atoms with Crippen LogP contribution in [0.1, 0.15) is 35.0 Å². The molecular weight excluding hydrogens is 386 g/mol. The molecule has 152 valence electrons. The number of phenols is 1. The molecule has 1 amide bonds. The zero-order chi connectivity index (χ0) is 19.8. The van der Waals surface area contributed by atoms with Crippen molar-refractivity contribution in [3.63, 3.8) is 0 Å². The van der Waals surface area contributed by atoms with Gasteiger partial charge in [-0.2, -0.15) is 0 Å². The van der Waals surface area contributed by atoms with Gasteiger partial charge in [-0.05, 0) is 55.0 Å². The topological polar surface area (TPSA) is 78.0 Å². The van der Waals surface area contributed by atoms with Crippen LogP contribution in [0.15, 0.2) is 18.2 Å². The number of benzene rings is 1. The van der Waals surface area contributed by atoms with Gasteiger partial charge in [-0.25, -0.2) is 4.98 Å². The molecule has 2 fully saturated rings. The van der Waals surface area contributed by atoms with E-state index in [1.54, 1.807) is 11.3 Å². The van der Waals surface area contributed by atoms with Crippen LogP contribution in [0.25, 0.3) is 0 Å². The predicted molar refractivity (Wildman–Crippen MR) is 111 cm³/mol. The van der Waals surface area contributed by atoms with Gasteiger partial charge >= 0.3 is 0 Å². The van der Waals surface area contributed by atoms with Crippen molar-refractivity contribution in [2.24, 2.45) is 5.92 Å². The van der Waals surface area contributed by atoms with Gasteiger partial charge in [0.15, 0.2) is 5.13 Å². The summed E-state index contributed by atoms with van der Waals surface area (Å²) in [4.78, 5) is 20.3. The summed E-state index contributed by atoms with van der Waals surface area (Å²) in [6.45, 7) is 4.51. The lowest BCUT2D eigenvalue weighted by Crippen LogP contribution is -2.63. The highest BCUT2D eigenvalue weighted by Gasteiger charge is 2.56. The van der Waals surface area contributed by atoms with Crippen LogP contribution < -0.4 is 5.32 Å². The Morgan fingerprint density at radius 1 is 1.45 bits per heavy atom. The number of carbonyl (C=O) groups is 1. The number of anilines is 1. The molecule has 4 atom stereocenters. The molecule has 2 aromatic rings. The second kappa shape index (κ2) is 6.27. The molecule has 7 heteroatoms. The van der Waals surface area contributed by atoms with E-state index in [0.717, 1.165) is 51.1 Å². The number of piperidine rings is 1. The molecule has 4 aliphatic rings. The SMILES string of the molecule is CC(=O)Nc1nc2c(s1)C[C@H]1[C@H]3Cc4ccc(O)cc4[C@@]1(CCN3CC1CO1)C2. The molecule has 2 saturated heterocycles. The largest absolute Gasteiger partial charge is 0.508 e. The fraction of sp³-hybridized carbons (Fsp3) is 0.545. The summed E-state index contributed by atoms with van der Waals surface area (Å²) in [5.41, 5.74) is 3.84. The Bertz CT molecular complexity index is 1000. The van der Waals surface area contributed by atoms with Crippen LogP contribution in [0.3, 0.4) is 0 Å². The Morgan fingerprint density at radius 2 is 2.31 bits per heavy atom. The summed E-state index contributed by atoms with van der Waals surface area (Å²) in [6.07, 6.45) is 4.39. The molecule has 0 radical (unpaired) electrons. The standard InChI is InChI=1S/C22H25N3O3S/c1-12(26)23-21-24-18-9-22-4-5-25(10-15-11-28-15)19(17(22)8-20(18)29-21)6-13-2-3-14(27)7-16(13)22/h2-3,7,15,17,19,27H,4-6,8-11H2,1H3,(H,23,24,26)/t15?,17-,19+,22+/m0/s1. The maximum absolute atomic E-state index is 11.5. The number of aromatic hydroxyl groups is 1. The first-order valence-corrected chi connectivity index (χ1v) is 11.3. The smallest absolute Gasteiger partial charge is 0.223 e. The lowest BCUT2D eigenvalue weighted by Gasteiger charge is -2.58. The second-order valence-electron chi connectivity index (χ2n) is 9.03. The summed E-state index contributed by atoms with van der Waals surface area (Å²) < 4.78 is 5.54. The van der Waals surface area contributed by atoms with Gasteiger partial charge in [-0.1, -0.05) is 6.07 Å². The summed E-state index contributed by atoms with van der Waals surface area (Å²) in [5.74, 6) is 0.783. The number of likely N-dealkylation sites (tertiary alicyclic amines) is 1. The van der Waals surface area contributed by atoms with Crippen LogP contribution in [-0.2, 0) is 34.2 Å². The predicted octanol–water partition coefficient (Wildman–Crippen LogP) is 2.49. The number of rotatable bonds is 3. The zero-order valence-corrected chi connectivity index (χ0v) is 17.3. The van der Waals surface area contributed by atoms with Crippen LogP contribution in [0.2, 0.25) is 0 Å². The van der Waals surface area contributed by atoms with E-state index in [0.29, 0.717) is 28.9 Å². The molecule has 1 unspecified atom stereocenters. The Hall–Kier alpha value is -1.96. The maximum atomic E-state index is 11.5. The van der Waals surface area contributed by atoms with Crippen LogP contribution in [0, 0.1) is 5.92 Å². The quantitative estimate of drug-likeness (QED) is 0.759. The van der Waals surface area contributed by atoms with E-state index in [1.807, 2.05) is 12.1 Å². The highest BCUT2D eigenvalue weighted by molar-refractivity contribution is 7.15. The van der Waals surface area contributed by atoms with Crippen molar-refractivity contribution < 1.29 is 14.6 Å². The molecule has 3 heterocycles. The number of thiazole rings is 1. The van der Waals surface area contributed by atoms with Gasteiger partial charge in [-0.15, -0.1) is 11.3 Å². The molecule has 1 aromatic heterocycles.